The average Bonchev–Trinajstić information content (AvgIpc) is 3.07. The number of hydrogen-bond donors (Lipinski definition) is 2. The molecule has 0 spiro atoms. The minimum Gasteiger partial charge on any atom is -0.497 e. The molecular formula is C36H41N3O7S. The standard InChI is InChI=1S/C36H41N3O7S/c1-25-21-39(26(2)24-40)36(41)32-11-8-12-33(37-47(42,43)31-19-17-28(44-4)18-20-31)35(32)46-34(25)23-38(3)22-27-13-15-30(16-14-27)45-29-9-6-5-7-10-29/h5-20,25-26,34,37,40H,21-24H2,1-4H3/t25-,26+,34-/m1/s1. The molecule has 0 saturated carbocycles. The van der Waals surface area contributed by atoms with Gasteiger partial charge in [0.25, 0.3) is 15.9 Å². The van der Waals surface area contributed by atoms with Crippen LogP contribution in [0, 0.1) is 5.92 Å². The van der Waals surface area contributed by atoms with Crippen LogP contribution < -0.4 is 18.9 Å². The summed E-state index contributed by atoms with van der Waals surface area (Å²) in [4.78, 5) is 17.6. The molecule has 2 N–H and O–H groups in total. The van der Waals surface area contributed by atoms with Gasteiger partial charge >= 0.3 is 0 Å². The number of hydrogen-bond acceptors (Lipinski definition) is 8. The number of amides is 1. The van der Waals surface area contributed by atoms with Crippen molar-refractivity contribution in [3.05, 3.63) is 108 Å². The maximum absolute atomic E-state index is 13.8. The van der Waals surface area contributed by atoms with Crippen LogP contribution in [-0.2, 0) is 16.6 Å². The molecular weight excluding hydrogens is 618 g/mol. The first-order valence-electron chi connectivity index (χ1n) is 15.5. The smallest absolute Gasteiger partial charge is 0.262 e. The van der Waals surface area contributed by atoms with Gasteiger partial charge in [-0.15, -0.1) is 0 Å². The molecule has 0 radical (unpaired) electrons. The summed E-state index contributed by atoms with van der Waals surface area (Å²) in [6.07, 6.45) is -0.424. The van der Waals surface area contributed by atoms with Crippen molar-refractivity contribution in [1.82, 2.24) is 9.80 Å². The fourth-order valence-electron chi connectivity index (χ4n) is 5.47. The molecule has 47 heavy (non-hydrogen) atoms. The number of ether oxygens (including phenoxy) is 3. The summed E-state index contributed by atoms with van der Waals surface area (Å²) < 4.78 is 47.2. The van der Waals surface area contributed by atoms with Crippen LogP contribution in [0.15, 0.2) is 102 Å². The van der Waals surface area contributed by atoms with Crippen LogP contribution in [0.4, 0.5) is 5.69 Å². The molecule has 248 valence electrons. The normalized spacial score (nSPS) is 17.2. The Balaban J connectivity index is 1.39. The fourth-order valence-corrected chi connectivity index (χ4v) is 6.53. The van der Waals surface area contributed by atoms with Gasteiger partial charge in [0.2, 0.25) is 0 Å². The summed E-state index contributed by atoms with van der Waals surface area (Å²) in [6, 6.07) is 27.9. The molecule has 1 heterocycles. The topological polar surface area (TPSA) is 118 Å². The van der Waals surface area contributed by atoms with E-state index in [1.54, 1.807) is 42.2 Å². The Hall–Kier alpha value is -4.58. The van der Waals surface area contributed by atoms with Crippen LogP contribution in [-0.4, -0.2) is 75.2 Å². The maximum atomic E-state index is 13.8. The number of sulfonamides is 1. The molecule has 0 unspecified atom stereocenters. The molecule has 4 aromatic rings. The lowest BCUT2D eigenvalue weighted by molar-refractivity contribution is 0.0344. The minimum absolute atomic E-state index is 0.0356. The Morgan fingerprint density at radius 3 is 2.28 bits per heavy atom. The SMILES string of the molecule is COc1ccc(S(=O)(=O)Nc2cccc3c2O[C@H](CN(C)Cc2ccc(Oc4ccccc4)cc2)[C@H](C)CN([C@@H](C)CO)C3=O)cc1. The highest BCUT2D eigenvalue weighted by Gasteiger charge is 2.35. The van der Waals surface area contributed by atoms with Crippen LogP contribution in [0.5, 0.6) is 23.0 Å². The van der Waals surface area contributed by atoms with E-state index >= 15 is 0 Å². The van der Waals surface area contributed by atoms with E-state index in [1.807, 2.05) is 68.6 Å². The second-order valence-electron chi connectivity index (χ2n) is 11.8. The Bertz CT molecular complexity index is 1750. The third-order valence-electron chi connectivity index (χ3n) is 8.15. The monoisotopic (exact) mass is 659 g/mol. The summed E-state index contributed by atoms with van der Waals surface area (Å²) in [5.41, 5.74) is 1.44. The van der Waals surface area contributed by atoms with E-state index in [4.69, 9.17) is 14.2 Å². The van der Waals surface area contributed by atoms with Crippen molar-refractivity contribution in [2.75, 3.05) is 38.6 Å². The minimum atomic E-state index is -4.03. The number of anilines is 1. The summed E-state index contributed by atoms with van der Waals surface area (Å²) in [5, 5.41) is 10.0. The number of aliphatic hydroxyl groups is 1. The van der Waals surface area contributed by atoms with E-state index < -0.39 is 22.2 Å². The van der Waals surface area contributed by atoms with Gasteiger partial charge in [0.15, 0.2) is 5.75 Å². The number of carbonyl (C=O) groups is 1. The van der Waals surface area contributed by atoms with Gasteiger partial charge in [-0.05, 0) is 80.2 Å². The molecule has 1 aliphatic heterocycles. The maximum Gasteiger partial charge on any atom is 0.262 e. The number of nitrogens with zero attached hydrogens (tertiary/aromatic N) is 2. The Labute approximate surface area is 276 Å². The third kappa shape index (κ3) is 8.23. The predicted molar refractivity (Wildman–Crippen MR) is 181 cm³/mol. The zero-order valence-electron chi connectivity index (χ0n) is 27.0. The third-order valence-corrected chi connectivity index (χ3v) is 9.53. The summed E-state index contributed by atoms with van der Waals surface area (Å²) in [5.74, 6) is 1.68. The largest absolute Gasteiger partial charge is 0.497 e. The van der Waals surface area contributed by atoms with Crippen molar-refractivity contribution >= 4 is 21.6 Å². The number of fused-ring (bicyclic) bond motifs is 1. The number of methoxy groups -OCH3 is 1. The number of aliphatic hydroxyl groups excluding tert-OH is 1. The van der Waals surface area contributed by atoms with Gasteiger partial charge in [-0.2, -0.15) is 0 Å². The zero-order valence-corrected chi connectivity index (χ0v) is 27.8. The molecule has 3 atom stereocenters. The molecule has 0 bridgehead atoms. The van der Waals surface area contributed by atoms with E-state index in [0.717, 1.165) is 17.1 Å². The Kier molecular flexibility index (Phi) is 10.7. The first kappa shape index (κ1) is 33.8. The molecule has 5 rings (SSSR count). The van der Waals surface area contributed by atoms with Gasteiger partial charge in [0.05, 0.1) is 35.9 Å². The lowest BCUT2D eigenvalue weighted by Gasteiger charge is -2.38. The van der Waals surface area contributed by atoms with Gasteiger partial charge < -0.3 is 24.2 Å². The second kappa shape index (κ2) is 14.9. The van der Waals surface area contributed by atoms with Gasteiger partial charge in [0.1, 0.15) is 23.4 Å². The molecule has 1 amide bonds. The lowest BCUT2D eigenvalue weighted by Crippen LogP contribution is -2.49. The van der Waals surface area contributed by atoms with E-state index in [0.29, 0.717) is 25.4 Å². The van der Waals surface area contributed by atoms with Crippen molar-refractivity contribution in [1.29, 1.82) is 0 Å². The Morgan fingerprint density at radius 1 is 0.957 bits per heavy atom. The van der Waals surface area contributed by atoms with Gasteiger partial charge in [-0.25, -0.2) is 8.42 Å². The average molecular weight is 660 g/mol. The number of para-hydroxylation sites is 2. The summed E-state index contributed by atoms with van der Waals surface area (Å²) >= 11 is 0. The highest BCUT2D eigenvalue weighted by Crippen LogP contribution is 2.36. The van der Waals surface area contributed by atoms with Crippen LogP contribution in [0.25, 0.3) is 0 Å². The van der Waals surface area contributed by atoms with E-state index in [2.05, 4.69) is 9.62 Å². The second-order valence-corrected chi connectivity index (χ2v) is 13.5. The molecule has 0 aliphatic carbocycles. The number of likely N-dealkylation sites (N-methyl/N-ethyl adjacent to an activating group) is 1. The van der Waals surface area contributed by atoms with Crippen LogP contribution in [0.2, 0.25) is 0 Å². The molecule has 4 aromatic carbocycles. The molecule has 1 aliphatic rings. The van der Waals surface area contributed by atoms with Crippen molar-refractivity contribution < 1.29 is 32.5 Å². The molecule has 11 heteroatoms. The van der Waals surface area contributed by atoms with Gasteiger partial charge in [-0.3, -0.25) is 14.4 Å². The molecule has 0 fully saturated rings. The fraction of sp³-hybridized carbons (Fsp3) is 0.306. The van der Waals surface area contributed by atoms with Crippen LogP contribution in [0.1, 0.15) is 29.8 Å². The lowest BCUT2D eigenvalue weighted by atomic mass is 9.99. The van der Waals surface area contributed by atoms with Crippen LogP contribution in [0.3, 0.4) is 0 Å². The van der Waals surface area contributed by atoms with E-state index in [9.17, 15) is 18.3 Å². The number of benzene rings is 4. The first-order valence-corrected chi connectivity index (χ1v) is 16.9. The van der Waals surface area contributed by atoms with Gasteiger partial charge in [-0.1, -0.05) is 43.3 Å². The highest BCUT2D eigenvalue weighted by molar-refractivity contribution is 7.92. The number of rotatable bonds is 12. The predicted octanol–water partition coefficient (Wildman–Crippen LogP) is 5.64. The van der Waals surface area contributed by atoms with Crippen molar-refractivity contribution in [3.63, 3.8) is 0 Å². The first-order chi connectivity index (χ1) is 22.6. The summed E-state index contributed by atoms with van der Waals surface area (Å²) in [7, 11) is -0.541. The van der Waals surface area contributed by atoms with Crippen molar-refractivity contribution in [2.24, 2.45) is 5.92 Å². The van der Waals surface area contributed by atoms with E-state index in [1.165, 1.54) is 19.2 Å². The highest BCUT2D eigenvalue weighted by atomic mass is 32.2. The molecule has 10 nitrogen and oxygen atoms in total. The van der Waals surface area contributed by atoms with Gasteiger partial charge in [0, 0.05) is 25.6 Å². The number of nitrogens with one attached hydrogen (secondary N) is 1. The summed E-state index contributed by atoms with van der Waals surface area (Å²) in [6.45, 7) is 5.02. The van der Waals surface area contributed by atoms with Crippen molar-refractivity contribution in [3.8, 4) is 23.0 Å². The van der Waals surface area contributed by atoms with Crippen molar-refractivity contribution in [2.45, 2.75) is 37.4 Å². The quantitative estimate of drug-likeness (QED) is 0.201. The molecule has 0 saturated heterocycles. The number of carbonyl (C=O) groups excluding carboxylic acids is 1. The Morgan fingerprint density at radius 2 is 1.62 bits per heavy atom. The van der Waals surface area contributed by atoms with E-state index in [-0.39, 0.29) is 40.3 Å². The zero-order chi connectivity index (χ0) is 33.6. The molecule has 0 aromatic heterocycles. The van der Waals surface area contributed by atoms with Crippen LogP contribution >= 0.6 is 0 Å².